The second kappa shape index (κ2) is 15.1. The zero-order valence-corrected chi connectivity index (χ0v) is 11.3. The Balaban J connectivity index is -0.000000125. The van der Waals surface area contributed by atoms with Gasteiger partial charge in [0.2, 0.25) is 0 Å². The fraction of sp³-hybridized carbons (Fsp3) is 1.00. The van der Waals surface area contributed by atoms with Crippen molar-refractivity contribution in [1.82, 2.24) is 0 Å². The van der Waals surface area contributed by atoms with E-state index in [4.69, 9.17) is 9.47 Å². The van der Waals surface area contributed by atoms with Crippen LogP contribution >= 0.6 is 0 Å². The molecule has 2 fully saturated rings. The van der Waals surface area contributed by atoms with Crippen LogP contribution in [0.25, 0.3) is 0 Å². The van der Waals surface area contributed by atoms with Gasteiger partial charge < -0.3 is 18.9 Å². The normalized spacial score (nSPS) is 18.5. The molecule has 2 nitrogen and oxygen atoms in total. The largest absolute Gasteiger partial charge is 1.00 e. The van der Waals surface area contributed by atoms with Gasteiger partial charge in [-0.2, -0.15) is 0 Å². The van der Waals surface area contributed by atoms with E-state index in [-0.39, 0.29) is 35.3 Å². The summed E-state index contributed by atoms with van der Waals surface area (Å²) in [4.78, 5) is 0. The second-order valence-electron chi connectivity index (χ2n) is 2.64. The summed E-state index contributed by atoms with van der Waals surface area (Å²) in [6.45, 7) is 4.00. The van der Waals surface area contributed by atoms with Gasteiger partial charge >= 0.3 is 0 Å². The van der Waals surface area contributed by atoms with Crippen LogP contribution in [-0.4, -0.2) is 26.4 Å². The summed E-state index contributed by atoms with van der Waals surface area (Å²) in [6.07, 6.45) is 5.11. The van der Waals surface area contributed by atoms with E-state index in [0.717, 1.165) is 26.4 Å². The van der Waals surface area contributed by atoms with Gasteiger partial charge in [0.1, 0.15) is 0 Å². The molecular formula is C8H16F2HfO2-2. The zero-order valence-electron chi connectivity index (χ0n) is 7.73. The van der Waals surface area contributed by atoms with Gasteiger partial charge in [-0.05, 0) is 25.7 Å². The first-order valence-corrected chi connectivity index (χ1v) is 4.15. The Morgan fingerprint density at radius 3 is 0.846 bits per heavy atom. The summed E-state index contributed by atoms with van der Waals surface area (Å²) in [7, 11) is 0. The van der Waals surface area contributed by atoms with Crippen LogP contribution in [0.3, 0.4) is 0 Å². The molecule has 0 aromatic rings. The van der Waals surface area contributed by atoms with E-state index in [0.29, 0.717) is 0 Å². The molecule has 0 aromatic heterocycles. The Kier molecular flexibility index (Phi) is 22.4. The average Bonchev–Trinajstić information content (AvgIpc) is 2.67. The molecule has 5 heteroatoms. The standard InChI is InChI=1S/2C4H8O.2FH.Hf/c2*1-2-4-5-3-1;;;/h2*1-4H2;2*1H;/p-2. The number of halogens is 2. The van der Waals surface area contributed by atoms with Crippen LogP contribution in [0.1, 0.15) is 25.7 Å². The van der Waals surface area contributed by atoms with E-state index in [1.54, 1.807) is 0 Å². The Morgan fingerprint density at radius 2 is 0.769 bits per heavy atom. The number of ether oxygens (including phenoxy) is 2. The van der Waals surface area contributed by atoms with Gasteiger partial charge in [-0.15, -0.1) is 0 Å². The number of hydrogen-bond acceptors (Lipinski definition) is 2. The van der Waals surface area contributed by atoms with Gasteiger partial charge in [-0.25, -0.2) is 0 Å². The van der Waals surface area contributed by atoms with Crippen LogP contribution in [0.2, 0.25) is 0 Å². The SMILES string of the molecule is C1CCOC1.C1CCOC1.[F-].[F-].[Hf]. The zero-order chi connectivity index (χ0) is 7.07. The predicted molar refractivity (Wildman–Crippen MR) is 40.1 cm³/mol. The predicted octanol–water partition coefficient (Wildman–Crippen LogP) is -4.40. The van der Waals surface area contributed by atoms with Crippen molar-refractivity contribution in [2.24, 2.45) is 0 Å². The van der Waals surface area contributed by atoms with Crippen molar-refractivity contribution < 1.29 is 44.7 Å². The molecule has 0 aliphatic carbocycles. The third kappa shape index (κ3) is 12.7. The van der Waals surface area contributed by atoms with E-state index in [1.807, 2.05) is 0 Å². The number of rotatable bonds is 0. The van der Waals surface area contributed by atoms with E-state index >= 15 is 0 Å². The van der Waals surface area contributed by atoms with Crippen molar-refractivity contribution >= 4 is 0 Å². The molecule has 0 radical (unpaired) electrons. The van der Waals surface area contributed by atoms with Crippen LogP contribution in [0.5, 0.6) is 0 Å². The molecule has 0 unspecified atom stereocenters. The van der Waals surface area contributed by atoms with E-state index in [1.165, 1.54) is 25.7 Å². The fourth-order valence-corrected chi connectivity index (χ4v) is 1.02. The van der Waals surface area contributed by atoms with Gasteiger partial charge in [0, 0.05) is 52.3 Å². The van der Waals surface area contributed by atoms with Crippen LogP contribution in [0.15, 0.2) is 0 Å². The summed E-state index contributed by atoms with van der Waals surface area (Å²) in [5.74, 6) is 0. The summed E-state index contributed by atoms with van der Waals surface area (Å²) >= 11 is 0. The Morgan fingerprint density at radius 1 is 0.538 bits per heavy atom. The van der Waals surface area contributed by atoms with Crippen LogP contribution in [-0.2, 0) is 35.3 Å². The molecule has 0 N–H and O–H groups in total. The van der Waals surface area contributed by atoms with Crippen LogP contribution < -0.4 is 9.41 Å². The van der Waals surface area contributed by atoms with Gasteiger partial charge in [0.05, 0.1) is 0 Å². The molecule has 2 aliphatic rings. The Bertz CT molecular complexity index is 53.3. The van der Waals surface area contributed by atoms with Crippen molar-refractivity contribution in [3.8, 4) is 0 Å². The monoisotopic (exact) mass is 362 g/mol. The van der Waals surface area contributed by atoms with Gasteiger partial charge in [0.25, 0.3) is 0 Å². The first kappa shape index (κ1) is 19.3. The topological polar surface area (TPSA) is 18.5 Å². The molecular weight excluding hydrogens is 345 g/mol. The fourth-order valence-electron chi connectivity index (χ4n) is 1.02. The van der Waals surface area contributed by atoms with Gasteiger partial charge in [-0.3, -0.25) is 0 Å². The molecule has 0 spiro atoms. The Hall–Kier alpha value is 0.650. The minimum atomic E-state index is 0. The molecule has 0 atom stereocenters. The Labute approximate surface area is 96.9 Å². The maximum absolute atomic E-state index is 4.94. The van der Waals surface area contributed by atoms with E-state index in [2.05, 4.69) is 0 Å². The third-order valence-electron chi connectivity index (χ3n) is 1.65. The van der Waals surface area contributed by atoms with Crippen LogP contribution in [0, 0.1) is 0 Å². The summed E-state index contributed by atoms with van der Waals surface area (Å²) < 4.78 is 9.89. The molecule has 0 amide bonds. The minimum absolute atomic E-state index is 0. The minimum Gasteiger partial charge on any atom is -1.00 e. The molecule has 0 bridgehead atoms. The van der Waals surface area contributed by atoms with Crippen molar-refractivity contribution in [3.05, 3.63) is 0 Å². The maximum Gasteiger partial charge on any atom is 0.0466 e. The molecule has 2 saturated heterocycles. The summed E-state index contributed by atoms with van der Waals surface area (Å²) in [6, 6.07) is 0. The van der Waals surface area contributed by atoms with E-state index in [9.17, 15) is 0 Å². The van der Waals surface area contributed by atoms with Gasteiger partial charge in [-0.1, -0.05) is 0 Å². The number of hydrogen-bond donors (Lipinski definition) is 0. The molecule has 13 heavy (non-hydrogen) atoms. The second-order valence-corrected chi connectivity index (χ2v) is 2.64. The smallest absolute Gasteiger partial charge is 0.0466 e. The summed E-state index contributed by atoms with van der Waals surface area (Å²) in [5, 5.41) is 0. The molecule has 2 heterocycles. The first-order chi connectivity index (χ1) is 5.00. The quantitative estimate of drug-likeness (QED) is 0.406. The third-order valence-corrected chi connectivity index (χ3v) is 1.65. The molecule has 2 aliphatic heterocycles. The van der Waals surface area contributed by atoms with Crippen molar-refractivity contribution in [1.29, 1.82) is 0 Å². The molecule has 0 aromatic carbocycles. The summed E-state index contributed by atoms with van der Waals surface area (Å²) in [5.41, 5.74) is 0. The first-order valence-electron chi connectivity index (χ1n) is 4.15. The molecule has 0 saturated carbocycles. The van der Waals surface area contributed by atoms with E-state index < -0.39 is 0 Å². The molecule has 2 rings (SSSR count). The van der Waals surface area contributed by atoms with Crippen molar-refractivity contribution in [3.63, 3.8) is 0 Å². The van der Waals surface area contributed by atoms with Crippen molar-refractivity contribution in [2.45, 2.75) is 25.7 Å². The van der Waals surface area contributed by atoms with Gasteiger partial charge in [0.15, 0.2) is 0 Å². The maximum atomic E-state index is 4.94. The van der Waals surface area contributed by atoms with Crippen molar-refractivity contribution in [2.75, 3.05) is 26.4 Å². The molecule has 80 valence electrons. The van der Waals surface area contributed by atoms with Crippen LogP contribution in [0.4, 0.5) is 0 Å². The average molecular weight is 361 g/mol.